The predicted octanol–water partition coefficient (Wildman–Crippen LogP) is 4.47. The number of rotatable bonds is 4. The number of amides is 1. The van der Waals surface area contributed by atoms with Crippen molar-refractivity contribution in [2.45, 2.75) is 25.7 Å². The summed E-state index contributed by atoms with van der Waals surface area (Å²) in [5.41, 5.74) is 3.49. The van der Waals surface area contributed by atoms with Gasteiger partial charge in [-0.2, -0.15) is 10.2 Å². The highest BCUT2D eigenvalue weighted by Gasteiger charge is 2.26. The first-order valence-electron chi connectivity index (χ1n) is 10.1. The molecule has 31 heavy (non-hydrogen) atoms. The van der Waals surface area contributed by atoms with Crippen LogP contribution in [0.3, 0.4) is 0 Å². The molecule has 0 bridgehead atoms. The van der Waals surface area contributed by atoms with Crippen molar-refractivity contribution in [1.82, 2.24) is 19.6 Å². The lowest BCUT2D eigenvalue weighted by atomic mass is 9.95. The van der Waals surface area contributed by atoms with Crippen molar-refractivity contribution < 1.29 is 13.6 Å². The molecule has 0 fully saturated rings. The molecule has 1 aliphatic carbocycles. The maximum Gasteiger partial charge on any atom is 0.276 e. The van der Waals surface area contributed by atoms with Crippen molar-refractivity contribution in [2.75, 3.05) is 5.32 Å². The van der Waals surface area contributed by atoms with E-state index < -0.39 is 11.7 Å². The molecule has 0 unspecified atom stereocenters. The Bertz CT molecular complexity index is 1250. The van der Waals surface area contributed by atoms with Gasteiger partial charge in [0.15, 0.2) is 11.5 Å². The molecule has 4 aromatic rings. The first kappa shape index (κ1) is 19.2. The van der Waals surface area contributed by atoms with Gasteiger partial charge < -0.3 is 5.32 Å². The van der Waals surface area contributed by atoms with E-state index in [0.29, 0.717) is 22.8 Å². The zero-order valence-electron chi connectivity index (χ0n) is 16.6. The van der Waals surface area contributed by atoms with Gasteiger partial charge in [-0.15, -0.1) is 0 Å². The molecule has 2 heterocycles. The van der Waals surface area contributed by atoms with Gasteiger partial charge in [-0.3, -0.25) is 4.79 Å². The molecule has 1 amide bonds. The lowest BCUT2D eigenvalue weighted by Crippen LogP contribution is -2.16. The van der Waals surface area contributed by atoms with Crippen molar-refractivity contribution in [3.8, 4) is 11.4 Å². The third-order valence-corrected chi connectivity index (χ3v) is 5.42. The topological polar surface area (TPSA) is 64.7 Å². The zero-order valence-corrected chi connectivity index (χ0v) is 16.6. The van der Waals surface area contributed by atoms with Crippen LogP contribution in [0.2, 0.25) is 0 Å². The number of anilines is 1. The number of carbonyl (C=O) groups is 1. The van der Waals surface area contributed by atoms with Crippen molar-refractivity contribution >= 4 is 11.6 Å². The van der Waals surface area contributed by atoms with Gasteiger partial charge in [-0.1, -0.05) is 0 Å². The van der Waals surface area contributed by atoms with E-state index in [1.807, 2.05) is 0 Å². The molecule has 6 nitrogen and oxygen atoms in total. The van der Waals surface area contributed by atoms with Crippen molar-refractivity contribution in [1.29, 1.82) is 0 Å². The number of nitrogens with zero attached hydrogens (tertiary/aromatic N) is 4. The fourth-order valence-corrected chi connectivity index (χ4v) is 3.95. The Balaban J connectivity index is 1.46. The maximum atomic E-state index is 14.5. The third-order valence-electron chi connectivity index (χ3n) is 5.42. The smallest absolute Gasteiger partial charge is 0.276 e. The number of hydrogen-bond donors (Lipinski definition) is 1. The predicted molar refractivity (Wildman–Crippen MR) is 112 cm³/mol. The van der Waals surface area contributed by atoms with E-state index in [0.717, 1.165) is 36.9 Å². The standard InChI is InChI=1S/C23H19F2N5O/c24-15-6-9-17(10-7-15)30-20-5-2-1-4-18(20)22(28-30)23(31)27-16-8-11-21(19(25)14-16)29-13-3-12-26-29/h3,6-14H,1-2,4-5H2,(H,27,31). The van der Waals surface area contributed by atoms with Crippen LogP contribution >= 0.6 is 0 Å². The highest BCUT2D eigenvalue weighted by molar-refractivity contribution is 6.04. The monoisotopic (exact) mass is 419 g/mol. The number of benzene rings is 2. The maximum absolute atomic E-state index is 14.5. The Morgan fingerprint density at radius 3 is 2.58 bits per heavy atom. The third kappa shape index (κ3) is 3.61. The Labute approximate surface area is 177 Å². The number of aromatic nitrogens is 4. The molecular formula is C23H19F2N5O. The van der Waals surface area contributed by atoms with Gasteiger partial charge in [-0.05, 0) is 74.2 Å². The summed E-state index contributed by atoms with van der Waals surface area (Å²) >= 11 is 0. The van der Waals surface area contributed by atoms with Gasteiger partial charge in [-0.25, -0.2) is 18.1 Å². The van der Waals surface area contributed by atoms with Crippen LogP contribution < -0.4 is 5.32 Å². The SMILES string of the molecule is O=C(Nc1ccc(-n2cccn2)c(F)c1)c1nn(-c2ccc(F)cc2)c2c1CCCC2. The molecule has 0 spiro atoms. The minimum atomic E-state index is -0.500. The van der Waals surface area contributed by atoms with Crippen LogP contribution in [-0.2, 0) is 12.8 Å². The summed E-state index contributed by atoms with van der Waals surface area (Å²) < 4.78 is 31.0. The summed E-state index contributed by atoms with van der Waals surface area (Å²) in [5.74, 6) is -1.23. The normalized spacial score (nSPS) is 13.1. The second-order valence-electron chi connectivity index (χ2n) is 7.44. The van der Waals surface area contributed by atoms with E-state index >= 15 is 0 Å². The van der Waals surface area contributed by atoms with Crippen LogP contribution in [0.15, 0.2) is 60.9 Å². The average molecular weight is 419 g/mol. The van der Waals surface area contributed by atoms with Crippen LogP contribution in [0, 0.1) is 11.6 Å². The molecule has 8 heteroatoms. The van der Waals surface area contributed by atoms with Gasteiger partial charge in [0.05, 0.1) is 5.69 Å². The number of halogens is 2. The quantitative estimate of drug-likeness (QED) is 0.531. The molecule has 1 N–H and O–H groups in total. The van der Waals surface area contributed by atoms with Gasteiger partial charge in [0.25, 0.3) is 5.91 Å². The molecule has 2 aromatic carbocycles. The second kappa shape index (κ2) is 7.79. The van der Waals surface area contributed by atoms with Crippen LogP contribution in [0.5, 0.6) is 0 Å². The minimum absolute atomic E-state index is 0.293. The lowest BCUT2D eigenvalue weighted by molar-refractivity contribution is 0.102. The van der Waals surface area contributed by atoms with E-state index in [2.05, 4.69) is 15.5 Å². The largest absolute Gasteiger partial charge is 0.320 e. The van der Waals surface area contributed by atoms with E-state index in [9.17, 15) is 13.6 Å². The Hall–Kier alpha value is -3.81. The van der Waals surface area contributed by atoms with E-state index in [-0.39, 0.29) is 5.82 Å². The molecule has 156 valence electrons. The van der Waals surface area contributed by atoms with Gasteiger partial charge in [0.2, 0.25) is 0 Å². The van der Waals surface area contributed by atoms with Gasteiger partial charge in [0, 0.05) is 29.3 Å². The Kier molecular flexibility index (Phi) is 4.82. The highest BCUT2D eigenvalue weighted by atomic mass is 19.1. The zero-order chi connectivity index (χ0) is 21.4. The van der Waals surface area contributed by atoms with Crippen LogP contribution in [-0.4, -0.2) is 25.5 Å². The van der Waals surface area contributed by atoms with E-state index in [1.54, 1.807) is 47.4 Å². The number of nitrogens with one attached hydrogen (secondary N) is 1. The van der Waals surface area contributed by atoms with Crippen LogP contribution in [0.1, 0.15) is 34.6 Å². The highest BCUT2D eigenvalue weighted by Crippen LogP contribution is 2.28. The molecular weight excluding hydrogens is 400 g/mol. The van der Waals surface area contributed by atoms with Gasteiger partial charge >= 0.3 is 0 Å². The fraction of sp³-hybridized carbons (Fsp3) is 0.174. The first-order chi connectivity index (χ1) is 15.1. The minimum Gasteiger partial charge on any atom is -0.320 e. The Morgan fingerprint density at radius 2 is 1.84 bits per heavy atom. The molecule has 0 saturated carbocycles. The first-order valence-corrected chi connectivity index (χ1v) is 10.1. The van der Waals surface area contributed by atoms with Gasteiger partial charge in [0.1, 0.15) is 11.5 Å². The van der Waals surface area contributed by atoms with Crippen molar-refractivity contribution in [3.05, 3.63) is 89.5 Å². The fourth-order valence-electron chi connectivity index (χ4n) is 3.95. The summed E-state index contributed by atoms with van der Waals surface area (Å²) in [6.07, 6.45) is 6.71. The average Bonchev–Trinajstić information content (AvgIpc) is 3.43. The summed E-state index contributed by atoms with van der Waals surface area (Å²) in [6, 6.07) is 12.2. The summed E-state index contributed by atoms with van der Waals surface area (Å²) in [6.45, 7) is 0. The molecule has 0 saturated heterocycles. The number of fused-ring (bicyclic) bond motifs is 1. The molecule has 2 aromatic heterocycles. The summed E-state index contributed by atoms with van der Waals surface area (Å²) in [4.78, 5) is 13.0. The van der Waals surface area contributed by atoms with Crippen molar-refractivity contribution in [3.63, 3.8) is 0 Å². The number of carbonyl (C=O) groups excluding carboxylic acids is 1. The van der Waals surface area contributed by atoms with E-state index in [4.69, 9.17) is 0 Å². The molecule has 1 aliphatic rings. The molecule has 5 rings (SSSR count). The molecule has 0 atom stereocenters. The summed E-state index contributed by atoms with van der Waals surface area (Å²) in [7, 11) is 0. The van der Waals surface area contributed by atoms with Crippen molar-refractivity contribution in [2.24, 2.45) is 0 Å². The second-order valence-corrected chi connectivity index (χ2v) is 7.44. The van der Waals surface area contributed by atoms with Crippen LogP contribution in [0.4, 0.5) is 14.5 Å². The number of hydrogen-bond acceptors (Lipinski definition) is 3. The summed E-state index contributed by atoms with van der Waals surface area (Å²) in [5, 5.41) is 11.3. The van der Waals surface area contributed by atoms with E-state index in [1.165, 1.54) is 22.9 Å². The lowest BCUT2D eigenvalue weighted by Gasteiger charge is -2.14. The molecule has 0 aliphatic heterocycles. The molecule has 0 radical (unpaired) electrons. The van der Waals surface area contributed by atoms with Crippen LogP contribution in [0.25, 0.3) is 11.4 Å². The Morgan fingerprint density at radius 1 is 1.03 bits per heavy atom.